The second kappa shape index (κ2) is 8.05. The van der Waals surface area contributed by atoms with Gasteiger partial charge in [0.2, 0.25) is 0 Å². The van der Waals surface area contributed by atoms with E-state index in [0.29, 0.717) is 18.4 Å². The Labute approximate surface area is 117 Å². The molecular formula is C16H27NO2. The largest absolute Gasteiger partial charge is 0.493 e. The monoisotopic (exact) mass is 265 g/mol. The highest BCUT2D eigenvalue weighted by Gasteiger charge is 2.07. The highest BCUT2D eigenvalue weighted by molar-refractivity contribution is 5.42. The van der Waals surface area contributed by atoms with Crippen LogP contribution in [0.15, 0.2) is 18.2 Å². The van der Waals surface area contributed by atoms with Crippen LogP contribution in [0.1, 0.15) is 33.3 Å². The molecule has 0 saturated carbocycles. The molecule has 0 radical (unpaired) electrons. The van der Waals surface area contributed by atoms with Gasteiger partial charge >= 0.3 is 0 Å². The highest BCUT2D eigenvalue weighted by atomic mass is 16.5. The molecule has 0 heterocycles. The van der Waals surface area contributed by atoms with Crippen molar-refractivity contribution in [2.45, 2.75) is 34.2 Å². The van der Waals surface area contributed by atoms with Gasteiger partial charge in [-0.1, -0.05) is 33.8 Å². The Morgan fingerprint density at radius 2 is 1.79 bits per heavy atom. The lowest BCUT2D eigenvalue weighted by Crippen LogP contribution is -2.19. The van der Waals surface area contributed by atoms with Gasteiger partial charge in [-0.2, -0.15) is 0 Å². The van der Waals surface area contributed by atoms with Gasteiger partial charge in [0.1, 0.15) is 0 Å². The van der Waals surface area contributed by atoms with E-state index < -0.39 is 0 Å². The lowest BCUT2D eigenvalue weighted by Gasteiger charge is -2.14. The van der Waals surface area contributed by atoms with E-state index in [4.69, 9.17) is 9.47 Å². The quantitative estimate of drug-likeness (QED) is 0.780. The number of nitrogens with one attached hydrogen (secondary N) is 1. The first-order valence-corrected chi connectivity index (χ1v) is 7.03. The Kier molecular flexibility index (Phi) is 6.71. The molecule has 1 rings (SSSR count). The van der Waals surface area contributed by atoms with Gasteiger partial charge in [0.15, 0.2) is 11.5 Å². The zero-order chi connectivity index (χ0) is 14.3. The van der Waals surface area contributed by atoms with Gasteiger partial charge in [0.05, 0.1) is 13.7 Å². The molecule has 0 unspecified atom stereocenters. The standard InChI is InChI=1S/C16H27NO2/c1-12(2)9-17-10-14-6-7-15(18-5)16(8-14)19-11-13(3)4/h6-8,12-13,17H,9-11H2,1-5H3. The van der Waals surface area contributed by atoms with Crippen molar-refractivity contribution in [3.63, 3.8) is 0 Å². The Bertz CT molecular complexity index is 375. The zero-order valence-electron chi connectivity index (χ0n) is 12.8. The second-order valence-corrected chi connectivity index (χ2v) is 5.71. The van der Waals surface area contributed by atoms with E-state index in [9.17, 15) is 0 Å². The van der Waals surface area contributed by atoms with E-state index >= 15 is 0 Å². The zero-order valence-corrected chi connectivity index (χ0v) is 12.8. The van der Waals surface area contributed by atoms with Crippen molar-refractivity contribution in [3.05, 3.63) is 23.8 Å². The molecule has 1 aromatic rings. The van der Waals surface area contributed by atoms with Crippen molar-refractivity contribution < 1.29 is 9.47 Å². The van der Waals surface area contributed by atoms with Crippen LogP contribution >= 0.6 is 0 Å². The van der Waals surface area contributed by atoms with Crippen molar-refractivity contribution in [1.29, 1.82) is 0 Å². The minimum atomic E-state index is 0.507. The molecule has 19 heavy (non-hydrogen) atoms. The summed E-state index contributed by atoms with van der Waals surface area (Å²) in [5.74, 6) is 2.80. The number of hydrogen-bond acceptors (Lipinski definition) is 3. The van der Waals surface area contributed by atoms with Crippen LogP contribution in [0.5, 0.6) is 11.5 Å². The van der Waals surface area contributed by atoms with Gasteiger partial charge in [-0.05, 0) is 36.1 Å². The number of benzene rings is 1. The Morgan fingerprint density at radius 1 is 1.05 bits per heavy atom. The fourth-order valence-corrected chi connectivity index (χ4v) is 1.71. The number of hydrogen-bond donors (Lipinski definition) is 1. The molecule has 3 nitrogen and oxygen atoms in total. The summed E-state index contributed by atoms with van der Waals surface area (Å²) < 4.78 is 11.1. The number of rotatable bonds is 8. The fraction of sp³-hybridized carbons (Fsp3) is 0.625. The van der Waals surface area contributed by atoms with Crippen molar-refractivity contribution >= 4 is 0 Å². The first kappa shape index (κ1) is 15.8. The molecular weight excluding hydrogens is 238 g/mol. The topological polar surface area (TPSA) is 30.5 Å². The predicted octanol–water partition coefficient (Wildman–Crippen LogP) is 3.48. The molecule has 0 amide bonds. The average molecular weight is 265 g/mol. The summed E-state index contributed by atoms with van der Waals surface area (Å²) in [7, 11) is 1.67. The second-order valence-electron chi connectivity index (χ2n) is 5.71. The van der Waals surface area contributed by atoms with Gasteiger partial charge in [-0.3, -0.25) is 0 Å². The summed E-state index contributed by atoms with van der Waals surface area (Å²) in [6.45, 7) is 11.3. The average Bonchev–Trinajstić information content (AvgIpc) is 2.36. The maximum Gasteiger partial charge on any atom is 0.161 e. The first-order chi connectivity index (χ1) is 9.02. The predicted molar refractivity (Wildman–Crippen MR) is 79.9 cm³/mol. The SMILES string of the molecule is COc1ccc(CNCC(C)C)cc1OCC(C)C. The molecule has 0 aromatic heterocycles. The van der Waals surface area contributed by atoms with Crippen molar-refractivity contribution in [3.8, 4) is 11.5 Å². The Morgan fingerprint density at radius 3 is 2.37 bits per heavy atom. The van der Waals surface area contributed by atoms with E-state index in [-0.39, 0.29) is 0 Å². The van der Waals surface area contributed by atoms with Crippen LogP contribution in [-0.4, -0.2) is 20.3 Å². The van der Waals surface area contributed by atoms with E-state index in [1.54, 1.807) is 7.11 Å². The minimum Gasteiger partial charge on any atom is -0.493 e. The third kappa shape index (κ3) is 5.97. The lowest BCUT2D eigenvalue weighted by atomic mass is 10.1. The number of methoxy groups -OCH3 is 1. The molecule has 108 valence electrons. The van der Waals surface area contributed by atoms with Gasteiger partial charge < -0.3 is 14.8 Å². The van der Waals surface area contributed by atoms with Crippen LogP contribution in [-0.2, 0) is 6.54 Å². The molecule has 0 atom stereocenters. The summed E-state index contributed by atoms with van der Waals surface area (Å²) in [6, 6.07) is 6.12. The highest BCUT2D eigenvalue weighted by Crippen LogP contribution is 2.28. The van der Waals surface area contributed by atoms with E-state index in [2.05, 4.69) is 45.1 Å². The molecule has 0 aliphatic rings. The van der Waals surface area contributed by atoms with Crippen molar-refractivity contribution in [2.75, 3.05) is 20.3 Å². The lowest BCUT2D eigenvalue weighted by molar-refractivity contribution is 0.256. The third-order valence-electron chi connectivity index (χ3n) is 2.68. The van der Waals surface area contributed by atoms with Crippen molar-refractivity contribution in [1.82, 2.24) is 5.32 Å². The van der Waals surface area contributed by atoms with Gasteiger partial charge in [-0.25, -0.2) is 0 Å². The van der Waals surface area contributed by atoms with Crippen LogP contribution in [0.2, 0.25) is 0 Å². The van der Waals surface area contributed by atoms with Gasteiger partial charge in [0, 0.05) is 6.54 Å². The van der Waals surface area contributed by atoms with Gasteiger partial charge in [-0.15, -0.1) is 0 Å². The fourth-order valence-electron chi connectivity index (χ4n) is 1.71. The molecule has 0 aliphatic heterocycles. The van der Waals surface area contributed by atoms with Gasteiger partial charge in [0.25, 0.3) is 0 Å². The summed E-state index contributed by atoms with van der Waals surface area (Å²) in [4.78, 5) is 0. The summed E-state index contributed by atoms with van der Waals surface area (Å²) >= 11 is 0. The molecule has 1 aromatic carbocycles. The summed E-state index contributed by atoms with van der Waals surface area (Å²) in [5.41, 5.74) is 1.22. The molecule has 0 spiro atoms. The van der Waals surface area contributed by atoms with E-state index in [1.807, 2.05) is 6.07 Å². The molecule has 0 aliphatic carbocycles. The van der Waals surface area contributed by atoms with Crippen LogP contribution < -0.4 is 14.8 Å². The number of ether oxygens (including phenoxy) is 2. The van der Waals surface area contributed by atoms with Crippen LogP contribution in [0.3, 0.4) is 0 Å². The Balaban J connectivity index is 2.65. The summed E-state index contributed by atoms with van der Waals surface area (Å²) in [5, 5.41) is 3.43. The maximum absolute atomic E-state index is 5.80. The maximum atomic E-state index is 5.80. The minimum absolute atomic E-state index is 0.507. The summed E-state index contributed by atoms with van der Waals surface area (Å²) in [6.07, 6.45) is 0. The van der Waals surface area contributed by atoms with Crippen molar-refractivity contribution in [2.24, 2.45) is 11.8 Å². The third-order valence-corrected chi connectivity index (χ3v) is 2.68. The Hall–Kier alpha value is -1.22. The van der Waals surface area contributed by atoms with Crippen LogP contribution in [0.25, 0.3) is 0 Å². The molecule has 1 N–H and O–H groups in total. The molecule has 0 saturated heterocycles. The smallest absolute Gasteiger partial charge is 0.161 e. The molecule has 3 heteroatoms. The molecule has 0 fully saturated rings. The van der Waals surface area contributed by atoms with E-state index in [1.165, 1.54) is 5.56 Å². The van der Waals surface area contributed by atoms with Crippen LogP contribution in [0, 0.1) is 11.8 Å². The van der Waals surface area contributed by atoms with Crippen LogP contribution in [0.4, 0.5) is 0 Å². The normalized spacial score (nSPS) is 11.1. The first-order valence-electron chi connectivity index (χ1n) is 7.03. The van der Waals surface area contributed by atoms with E-state index in [0.717, 1.165) is 24.6 Å². The molecule has 0 bridgehead atoms.